The molecule has 0 atom stereocenters. The van der Waals surface area contributed by atoms with Gasteiger partial charge in [0.15, 0.2) is 0 Å². The van der Waals surface area contributed by atoms with Crippen LogP contribution in [-0.4, -0.2) is 33.7 Å². The number of amides is 1. The Balaban J connectivity index is 1.82. The van der Waals surface area contributed by atoms with Gasteiger partial charge in [-0.15, -0.1) is 0 Å². The van der Waals surface area contributed by atoms with Gasteiger partial charge in [-0.2, -0.15) is 5.10 Å². The van der Waals surface area contributed by atoms with Gasteiger partial charge < -0.3 is 4.90 Å². The molecule has 1 aliphatic carbocycles. The second kappa shape index (κ2) is 5.98. The first-order chi connectivity index (χ1) is 9.75. The molecule has 0 aromatic carbocycles. The molecule has 3 rings (SSSR count). The van der Waals surface area contributed by atoms with Crippen LogP contribution in [0, 0.1) is 0 Å². The van der Waals surface area contributed by atoms with Crippen molar-refractivity contribution in [2.45, 2.75) is 57.3 Å². The maximum atomic E-state index is 12.7. The Hall–Kier alpha value is -1.32. The standard InChI is InChI=1S/C16H25N3O/c1-18-12-14(16(20)19-10-6-3-7-11-19)15(17-18)13-8-4-2-5-9-13/h12-13H,2-11H2,1H3. The number of carbonyl (C=O) groups is 1. The summed E-state index contributed by atoms with van der Waals surface area (Å²) in [5.74, 6) is 0.701. The number of piperidine rings is 1. The van der Waals surface area contributed by atoms with E-state index < -0.39 is 0 Å². The average Bonchev–Trinajstić information content (AvgIpc) is 2.90. The van der Waals surface area contributed by atoms with E-state index in [4.69, 9.17) is 0 Å². The van der Waals surface area contributed by atoms with E-state index in [1.807, 2.05) is 22.8 Å². The summed E-state index contributed by atoms with van der Waals surface area (Å²) in [6.45, 7) is 1.83. The van der Waals surface area contributed by atoms with Crippen LogP contribution in [0.5, 0.6) is 0 Å². The lowest BCUT2D eigenvalue weighted by molar-refractivity contribution is 0.0722. The lowest BCUT2D eigenvalue weighted by atomic mass is 9.85. The SMILES string of the molecule is Cn1cc(C(=O)N2CCCCC2)c(C2CCCCC2)n1. The summed E-state index contributed by atoms with van der Waals surface area (Å²) in [5, 5.41) is 4.62. The number of aromatic nitrogens is 2. The number of likely N-dealkylation sites (tertiary alicyclic amines) is 1. The summed E-state index contributed by atoms with van der Waals surface area (Å²) in [6, 6.07) is 0. The van der Waals surface area contributed by atoms with Gasteiger partial charge in [-0.05, 0) is 32.1 Å². The van der Waals surface area contributed by atoms with E-state index in [9.17, 15) is 4.79 Å². The van der Waals surface area contributed by atoms with Gasteiger partial charge in [0, 0.05) is 32.3 Å². The van der Waals surface area contributed by atoms with Gasteiger partial charge in [-0.1, -0.05) is 19.3 Å². The Kier molecular flexibility index (Phi) is 4.08. The molecule has 1 aliphatic heterocycles. The Bertz CT molecular complexity index is 468. The van der Waals surface area contributed by atoms with Crippen LogP contribution in [-0.2, 0) is 7.05 Å². The fourth-order valence-electron chi connectivity index (χ4n) is 3.62. The van der Waals surface area contributed by atoms with E-state index in [2.05, 4.69) is 5.10 Å². The highest BCUT2D eigenvalue weighted by Gasteiger charge is 2.27. The number of hydrogen-bond donors (Lipinski definition) is 0. The van der Waals surface area contributed by atoms with Crippen LogP contribution in [0.3, 0.4) is 0 Å². The van der Waals surface area contributed by atoms with Crippen LogP contribution in [0.15, 0.2) is 6.20 Å². The molecule has 4 heteroatoms. The minimum Gasteiger partial charge on any atom is -0.339 e. The number of hydrogen-bond acceptors (Lipinski definition) is 2. The Labute approximate surface area is 121 Å². The monoisotopic (exact) mass is 275 g/mol. The van der Waals surface area contributed by atoms with E-state index in [0.717, 1.165) is 37.2 Å². The van der Waals surface area contributed by atoms with Crippen molar-refractivity contribution in [3.8, 4) is 0 Å². The highest BCUT2D eigenvalue weighted by atomic mass is 16.2. The van der Waals surface area contributed by atoms with Gasteiger partial charge in [0.25, 0.3) is 5.91 Å². The molecule has 4 nitrogen and oxygen atoms in total. The first-order valence-corrected chi connectivity index (χ1v) is 8.08. The third-order valence-electron chi connectivity index (χ3n) is 4.72. The first-order valence-electron chi connectivity index (χ1n) is 8.08. The minimum absolute atomic E-state index is 0.207. The molecule has 0 spiro atoms. The normalized spacial score (nSPS) is 21.1. The third-order valence-corrected chi connectivity index (χ3v) is 4.72. The summed E-state index contributed by atoms with van der Waals surface area (Å²) in [7, 11) is 1.93. The second-order valence-electron chi connectivity index (χ2n) is 6.29. The van der Waals surface area contributed by atoms with Gasteiger partial charge in [0.05, 0.1) is 11.3 Å². The zero-order chi connectivity index (χ0) is 13.9. The van der Waals surface area contributed by atoms with Gasteiger partial charge >= 0.3 is 0 Å². The lowest BCUT2D eigenvalue weighted by Crippen LogP contribution is -2.36. The van der Waals surface area contributed by atoms with E-state index in [1.165, 1.54) is 38.5 Å². The summed E-state index contributed by atoms with van der Waals surface area (Å²) in [6.07, 6.45) is 11.7. The van der Waals surface area contributed by atoms with Gasteiger partial charge in [0.1, 0.15) is 0 Å². The number of aryl methyl sites for hydroxylation is 1. The molecule has 2 fully saturated rings. The van der Waals surface area contributed by atoms with E-state index >= 15 is 0 Å². The van der Waals surface area contributed by atoms with Crippen molar-refractivity contribution >= 4 is 5.91 Å². The van der Waals surface area contributed by atoms with Crippen LogP contribution in [0.4, 0.5) is 0 Å². The third kappa shape index (κ3) is 2.74. The predicted molar refractivity (Wildman–Crippen MR) is 78.8 cm³/mol. The molecular formula is C16H25N3O. The summed E-state index contributed by atoms with van der Waals surface area (Å²) >= 11 is 0. The van der Waals surface area contributed by atoms with Gasteiger partial charge in [0.2, 0.25) is 0 Å². The molecule has 1 saturated heterocycles. The quantitative estimate of drug-likeness (QED) is 0.832. The van der Waals surface area contributed by atoms with Crippen molar-refractivity contribution in [1.29, 1.82) is 0 Å². The fraction of sp³-hybridized carbons (Fsp3) is 0.750. The molecule has 1 aromatic heterocycles. The van der Waals surface area contributed by atoms with Gasteiger partial charge in [-0.3, -0.25) is 9.48 Å². The molecule has 20 heavy (non-hydrogen) atoms. The highest BCUT2D eigenvalue weighted by Crippen LogP contribution is 2.34. The van der Waals surface area contributed by atoms with Crippen LogP contribution >= 0.6 is 0 Å². The zero-order valence-corrected chi connectivity index (χ0v) is 12.5. The van der Waals surface area contributed by atoms with Crippen LogP contribution in [0.2, 0.25) is 0 Å². The molecule has 1 saturated carbocycles. The molecule has 0 radical (unpaired) electrons. The summed E-state index contributed by atoms with van der Waals surface area (Å²) in [5.41, 5.74) is 1.92. The zero-order valence-electron chi connectivity index (χ0n) is 12.5. The summed E-state index contributed by atoms with van der Waals surface area (Å²) in [4.78, 5) is 14.8. The van der Waals surface area contributed by atoms with Gasteiger partial charge in [-0.25, -0.2) is 0 Å². The number of nitrogens with zero attached hydrogens (tertiary/aromatic N) is 3. The largest absolute Gasteiger partial charge is 0.339 e. The van der Waals surface area contributed by atoms with Crippen LogP contribution < -0.4 is 0 Å². The van der Waals surface area contributed by atoms with Crippen molar-refractivity contribution in [3.05, 3.63) is 17.5 Å². The van der Waals surface area contributed by atoms with E-state index in [0.29, 0.717) is 5.92 Å². The molecular weight excluding hydrogens is 250 g/mol. The first kappa shape index (κ1) is 13.7. The Morgan fingerprint density at radius 1 is 1.10 bits per heavy atom. The fourth-order valence-corrected chi connectivity index (χ4v) is 3.62. The topological polar surface area (TPSA) is 38.1 Å². The Morgan fingerprint density at radius 2 is 1.75 bits per heavy atom. The smallest absolute Gasteiger partial charge is 0.257 e. The van der Waals surface area contributed by atoms with Crippen LogP contribution in [0.1, 0.15) is 73.3 Å². The molecule has 0 bridgehead atoms. The van der Waals surface area contributed by atoms with Crippen molar-refractivity contribution in [2.24, 2.45) is 7.05 Å². The second-order valence-corrected chi connectivity index (χ2v) is 6.29. The number of carbonyl (C=O) groups excluding carboxylic acids is 1. The van der Waals surface area contributed by atoms with Crippen molar-refractivity contribution in [1.82, 2.24) is 14.7 Å². The lowest BCUT2D eigenvalue weighted by Gasteiger charge is -2.27. The molecule has 0 unspecified atom stereocenters. The molecule has 1 amide bonds. The highest BCUT2D eigenvalue weighted by molar-refractivity contribution is 5.95. The Morgan fingerprint density at radius 3 is 2.45 bits per heavy atom. The molecule has 110 valence electrons. The molecule has 1 aromatic rings. The molecule has 2 aliphatic rings. The predicted octanol–water partition coefficient (Wildman–Crippen LogP) is 3.09. The average molecular weight is 275 g/mol. The minimum atomic E-state index is 0.207. The van der Waals surface area contributed by atoms with E-state index in [-0.39, 0.29) is 5.91 Å². The molecule has 0 N–H and O–H groups in total. The van der Waals surface area contributed by atoms with Crippen molar-refractivity contribution < 1.29 is 4.79 Å². The number of rotatable bonds is 2. The van der Waals surface area contributed by atoms with E-state index in [1.54, 1.807) is 0 Å². The summed E-state index contributed by atoms with van der Waals surface area (Å²) < 4.78 is 1.82. The maximum absolute atomic E-state index is 12.7. The van der Waals surface area contributed by atoms with Crippen molar-refractivity contribution in [3.63, 3.8) is 0 Å². The maximum Gasteiger partial charge on any atom is 0.257 e. The van der Waals surface area contributed by atoms with Crippen LogP contribution in [0.25, 0.3) is 0 Å². The molecule has 2 heterocycles. The van der Waals surface area contributed by atoms with Crippen molar-refractivity contribution in [2.75, 3.05) is 13.1 Å².